The first-order valence-corrected chi connectivity index (χ1v) is 9.04. The molecule has 134 valence electrons. The van der Waals surface area contributed by atoms with Crippen molar-refractivity contribution in [3.63, 3.8) is 0 Å². The molecule has 0 atom stereocenters. The van der Waals surface area contributed by atoms with Crippen LogP contribution in [0.15, 0.2) is 24.3 Å². The first kappa shape index (κ1) is 20.2. The van der Waals surface area contributed by atoms with Crippen molar-refractivity contribution in [2.45, 2.75) is 72.1 Å². The zero-order valence-corrected chi connectivity index (χ0v) is 15.2. The smallest absolute Gasteiger partial charge is 0.311 e. The summed E-state index contributed by atoms with van der Waals surface area (Å²) in [5, 5.41) is 0. The second-order valence-corrected chi connectivity index (χ2v) is 6.15. The lowest BCUT2D eigenvalue weighted by Gasteiger charge is -2.11. The molecule has 0 heterocycles. The van der Waals surface area contributed by atoms with Crippen molar-refractivity contribution in [3.05, 3.63) is 24.3 Å². The number of esters is 2. The fraction of sp³-hybridized carbons (Fsp3) is 0.600. The highest BCUT2D eigenvalue weighted by molar-refractivity contribution is 5.75. The summed E-state index contributed by atoms with van der Waals surface area (Å²) in [6.07, 6.45) is 8.45. The van der Waals surface area contributed by atoms with Crippen LogP contribution in [0.3, 0.4) is 0 Å². The minimum atomic E-state index is -0.434. The molecule has 4 heteroatoms. The molecule has 0 saturated heterocycles. The predicted molar refractivity (Wildman–Crippen MR) is 95.2 cm³/mol. The fourth-order valence-corrected chi connectivity index (χ4v) is 2.70. The van der Waals surface area contributed by atoms with Crippen molar-refractivity contribution in [2.24, 2.45) is 5.92 Å². The molecule has 0 aliphatic rings. The number of carbonyl (C=O) groups is 2. The van der Waals surface area contributed by atoms with Crippen molar-refractivity contribution in [2.75, 3.05) is 0 Å². The molecule has 1 aromatic carbocycles. The molecular formula is C20H30O4. The maximum atomic E-state index is 11.9. The average Bonchev–Trinajstić information content (AvgIpc) is 2.55. The van der Waals surface area contributed by atoms with Crippen molar-refractivity contribution < 1.29 is 19.1 Å². The minimum absolute atomic E-state index is 0.281. The lowest BCUT2D eigenvalue weighted by atomic mass is 9.96. The van der Waals surface area contributed by atoms with Crippen molar-refractivity contribution in [1.82, 2.24) is 0 Å². The lowest BCUT2D eigenvalue weighted by molar-refractivity contribution is -0.136. The highest BCUT2D eigenvalue weighted by atomic mass is 16.6. The van der Waals surface area contributed by atoms with E-state index in [-0.39, 0.29) is 11.7 Å². The zero-order chi connectivity index (χ0) is 17.8. The zero-order valence-electron chi connectivity index (χ0n) is 15.2. The molecule has 0 aliphatic heterocycles. The van der Waals surface area contributed by atoms with Crippen LogP contribution < -0.4 is 9.47 Å². The van der Waals surface area contributed by atoms with E-state index >= 15 is 0 Å². The molecule has 0 aliphatic carbocycles. The van der Waals surface area contributed by atoms with E-state index in [1.165, 1.54) is 32.6 Å². The standard InChI is InChI=1S/C20H30O4/c1-4-17(5-2)12-8-6-7-9-15-20(22)24-19-14-11-10-13-18(19)23-16(3)21/h10-11,13-14,17H,4-9,12,15H2,1-3H3. The summed E-state index contributed by atoms with van der Waals surface area (Å²) in [5.41, 5.74) is 0. The molecule has 1 aromatic rings. The van der Waals surface area contributed by atoms with E-state index in [0.29, 0.717) is 12.2 Å². The summed E-state index contributed by atoms with van der Waals surface area (Å²) < 4.78 is 10.3. The summed E-state index contributed by atoms with van der Waals surface area (Å²) in [7, 11) is 0. The average molecular weight is 334 g/mol. The van der Waals surface area contributed by atoms with Crippen LogP contribution in [-0.2, 0) is 9.59 Å². The Morgan fingerprint density at radius 1 is 0.917 bits per heavy atom. The van der Waals surface area contributed by atoms with Crippen LogP contribution in [0, 0.1) is 5.92 Å². The molecule has 0 amide bonds. The van der Waals surface area contributed by atoms with Gasteiger partial charge in [0.25, 0.3) is 0 Å². The highest BCUT2D eigenvalue weighted by Crippen LogP contribution is 2.27. The first-order chi connectivity index (χ1) is 11.6. The van der Waals surface area contributed by atoms with Gasteiger partial charge in [0.1, 0.15) is 0 Å². The maximum Gasteiger partial charge on any atom is 0.311 e. The minimum Gasteiger partial charge on any atom is -0.423 e. The SMILES string of the molecule is CCC(CC)CCCCCCC(=O)Oc1ccccc1OC(C)=O. The molecule has 0 N–H and O–H groups in total. The molecule has 0 bridgehead atoms. The monoisotopic (exact) mass is 334 g/mol. The molecule has 0 unspecified atom stereocenters. The van der Waals surface area contributed by atoms with Gasteiger partial charge < -0.3 is 9.47 Å². The van der Waals surface area contributed by atoms with Crippen LogP contribution in [0.1, 0.15) is 72.1 Å². The first-order valence-electron chi connectivity index (χ1n) is 9.04. The normalized spacial score (nSPS) is 10.7. The van der Waals surface area contributed by atoms with E-state index in [1.807, 2.05) is 0 Å². The maximum absolute atomic E-state index is 11.9. The Labute approximate surface area is 145 Å². The van der Waals surface area contributed by atoms with Gasteiger partial charge in [-0.3, -0.25) is 9.59 Å². The topological polar surface area (TPSA) is 52.6 Å². The van der Waals surface area contributed by atoms with E-state index in [1.54, 1.807) is 24.3 Å². The third kappa shape index (κ3) is 8.14. The van der Waals surface area contributed by atoms with Crippen LogP contribution in [-0.4, -0.2) is 11.9 Å². The third-order valence-electron chi connectivity index (χ3n) is 4.22. The number of hydrogen-bond donors (Lipinski definition) is 0. The number of carbonyl (C=O) groups excluding carboxylic acids is 2. The van der Waals surface area contributed by atoms with Gasteiger partial charge in [0, 0.05) is 13.3 Å². The summed E-state index contributed by atoms with van der Waals surface area (Å²) in [4.78, 5) is 23.0. The number of ether oxygens (including phenoxy) is 2. The molecule has 24 heavy (non-hydrogen) atoms. The summed E-state index contributed by atoms with van der Waals surface area (Å²) in [5.74, 6) is 0.702. The summed E-state index contributed by atoms with van der Waals surface area (Å²) in [6, 6.07) is 6.72. The molecular weight excluding hydrogens is 304 g/mol. The molecule has 4 nitrogen and oxygen atoms in total. The van der Waals surface area contributed by atoms with Gasteiger partial charge >= 0.3 is 11.9 Å². The second-order valence-electron chi connectivity index (χ2n) is 6.15. The van der Waals surface area contributed by atoms with Gasteiger partial charge in [0.2, 0.25) is 0 Å². The van der Waals surface area contributed by atoms with E-state index in [0.717, 1.165) is 25.2 Å². The van der Waals surface area contributed by atoms with Gasteiger partial charge in [-0.15, -0.1) is 0 Å². The summed E-state index contributed by atoms with van der Waals surface area (Å²) >= 11 is 0. The van der Waals surface area contributed by atoms with Gasteiger partial charge in [0.05, 0.1) is 0 Å². The molecule has 0 spiro atoms. The van der Waals surface area contributed by atoms with Crippen molar-refractivity contribution >= 4 is 11.9 Å². The number of rotatable bonds is 11. The fourth-order valence-electron chi connectivity index (χ4n) is 2.70. The van der Waals surface area contributed by atoms with E-state index < -0.39 is 5.97 Å². The Bertz CT molecular complexity index is 506. The quantitative estimate of drug-likeness (QED) is 0.313. The molecule has 0 saturated carbocycles. The van der Waals surface area contributed by atoms with Gasteiger partial charge in [-0.2, -0.15) is 0 Å². The van der Waals surface area contributed by atoms with Gasteiger partial charge in [-0.05, 0) is 24.5 Å². The van der Waals surface area contributed by atoms with Crippen LogP contribution in [0.2, 0.25) is 0 Å². The Morgan fingerprint density at radius 3 is 2.08 bits per heavy atom. The third-order valence-corrected chi connectivity index (χ3v) is 4.22. The Morgan fingerprint density at radius 2 is 1.50 bits per heavy atom. The highest BCUT2D eigenvalue weighted by Gasteiger charge is 2.11. The van der Waals surface area contributed by atoms with Crippen molar-refractivity contribution in [1.29, 1.82) is 0 Å². The Balaban J connectivity index is 2.26. The second kappa shape index (κ2) is 11.7. The van der Waals surface area contributed by atoms with Crippen LogP contribution in [0.5, 0.6) is 11.5 Å². The van der Waals surface area contributed by atoms with Crippen LogP contribution in [0.4, 0.5) is 0 Å². The Kier molecular flexibility index (Phi) is 9.81. The Hall–Kier alpha value is -1.84. The van der Waals surface area contributed by atoms with E-state index in [2.05, 4.69) is 13.8 Å². The van der Waals surface area contributed by atoms with Gasteiger partial charge in [-0.1, -0.05) is 64.5 Å². The van der Waals surface area contributed by atoms with E-state index in [9.17, 15) is 9.59 Å². The predicted octanol–water partition coefficient (Wildman–Crippen LogP) is 5.29. The number of benzene rings is 1. The largest absolute Gasteiger partial charge is 0.423 e. The molecule has 1 rings (SSSR count). The number of unbranched alkanes of at least 4 members (excludes halogenated alkanes) is 3. The van der Waals surface area contributed by atoms with Crippen molar-refractivity contribution in [3.8, 4) is 11.5 Å². The van der Waals surface area contributed by atoms with Crippen LogP contribution >= 0.6 is 0 Å². The molecule has 0 fully saturated rings. The van der Waals surface area contributed by atoms with Gasteiger partial charge in [-0.25, -0.2) is 0 Å². The van der Waals surface area contributed by atoms with Crippen LogP contribution in [0.25, 0.3) is 0 Å². The number of hydrogen-bond acceptors (Lipinski definition) is 4. The number of para-hydroxylation sites is 2. The molecule has 0 radical (unpaired) electrons. The van der Waals surface area contributed by atoms with E-state index in [4.69, 9.17) is 9.47 Å². The summed E-state index contributed by atoms with van der Waals surface area (Å²) in [6.45, 7) is 5.82. The lowest BCUT2D eigenvalue weighted by Crippen LogP contribution is -2.10. The van der Waals surface area contributed by atoms with Gasteiger partial charge in [0.15, 0.2) is 11.5 Å². The molecule has 0 aromatic heterocycles.